The predicted molar refractivity (Wildman–Crippen MR) is 96.3 cm³/mol. The van der Waals surface area contributed by atoms with Gasteiger partial charge in [-0.3, -0.25) is 9.69 Å². The van der Waals surface area contributed by atoms with Crippen molar-refractivity contribution in [3.05, 3.63) is 64.4 Å². The number of thiazole rings is 2. The Bertz CT molecular complexity index is 823. The summed E-state index contributed by atoms with van der Waals surface area (Å²) in [6.45, 7) is 6.04. The van der Waals surface area contributed by atoms with Gasteiger partial charge in [0.15, 0.2) is 5.13 Å². The molecule has 0 fully saturated rings. The Hall–Kier alpha value is -2.31. The summed E-state index contributed by atoms with van der Waals surface area (Å²) in [5.41, 5.74) is 1.91. The van der Waals surface area contributed by atoms with Crippen molar-refractivity contribution >= 4 is 33.7 Å². The van der Waals surface area contributed by atoms with E-state index in [1.54, 1.807) is 17.2 Å². The van der Waals surface area contributed by atoms with E-state index in [4.69, 9.17) is 0 Å². The molecule has 0 unspecified atom stereocenters. The first-order valence-electron chi connectivity index (χ1n) is 7.05. The van der Waals surface area contributed by atoms with Crippen molar-refractivity contribution in [3.8, 4) is 11.3 Å². The average molecular weight is 341 g/mol. The van der Waals surface area contributed by atoms with Gasteiger partial charge in [-0.2, -0.15) is 0 Å². The van der Waals surface area contributed by atoms with E-state index in [-0.39, 0.29) is 5.91 Å². The Morgan fingerprint density at radius 2 is 2.13 bits per heavy atom. The Balaban J connectivity index is 1.91. The van der Waals surface area contributed by atoms with Gasteiger partial charge in [0.2, 0.25) is 0 Å². The van der Waals surface area contributed by atoms with Gasteiger partial charge in [0, 0.05) is 17.5 Å². The minimum atomic E-state index is -0.0931. The predicted octanol–water partition coefficient (Wildman–Crippen LogP) is 4.41. The molecular weight excluding hydrogens is 326 g/mol. The van der Waals surface area contributed by atoms with Crippen LogP contribution >= 0.6 is 22.7 Å². The van der Waals surface area contributed by atoms with Crippen molar-refractivity contribution in [3.63, 3.8) is 0 Å². The second kappa shape index (κ2) is 6.85. The Morgan fingerprint density at radius 1 is 1.35 bits per heavy atom. The monoisotopic (exact) mass is 341 g/mol. The molecule has 0 radical (unpaired) electrons. The van der Waals surface area contributed by atoms with Crippen molar-refractivity contribution in [2.75, 3.05) is 11.4 Å². The van der Waals surface area contributed by atoms with Crippen LogP contribution in [0.15, 0.2) is 54.6 Å². The molecule has 0 spiro atoms. The van der Waals surface area contributed by atoms with E-state index in [0.29, 0.717) is 16.6 Å². The second-order valence-electron chi connectivity index (χ2n) is 4.83. The molecule has 23 heavy (non-hydrogen) atoms. The minimum absolute atomic E-state index is 0.0931. The van der Waals surface area contributed by atoms with Crippen molar-refractivity contribution in [2.24, 2.45) is 0 Å². The maximum atomic E-state index is 12.7. The van der Waals surface area contributed by atoms with Gasteiger partial charge in [0.1, 0.15) is 4.88 Å². The van der Waals surface area contributed by atoms with E-state index in [1.807, 2.05) is 42.6 Å². The van der Waals surface area contributed by atoms with Gasteiger partial charge in [0.05, 0.1) is 16.9 Å². The van der Waals surface area contributed by atoms with Crippen LogP contribution in [0.4, 0.5) is 5.13 Å². The topological polar surface area (TPSA) is 46.1 Å². The van der Waals surface area contributed by atoms with Crippen molar-refractivity contribution in [1.29, 1.82) is 0 Å². The summed E-state index contributed by atoms with van der Waals surface area (Å²) >= 11 is 2.84. The fourth-order valence-corrected chi connectivity index (χ4v) is 3.67. The molecule has 0 bridgehead atoms. The molecule has 116 valence electrons. The maximum Gasteiger partial charge on any atom is 0.272 e. The highest BCUT2D eigenvalue weighted by atomic mass is 32.1. The zero-order chi connectivity index (χ0) is 16.2. The normalized spacial score (nSPS) is 10.5. The number of carbonyl (C=O) groups is 1. The van der Waals surface area contributed by atoms with Gasteiger partial charge in [-0.05, 0) is 6.92 Å². The minimum Gasteiger partial charge on any atom is -0.279 e. The lowest BCUT2D eigenvalue weighted by Gasteiger charge is -2.16. The molecule has 0 saturated heterocycles. The number of hydrogen-bond donors (Lipinski definition) is 0. The number of hydrogen-bond acceptors (Lipinski definition) is 5. The van der Waals surface area contributed by atoms with Gasteiger partial charge in [-0.25, -0.2) is 9.97 Å². The standard InChI is InChI=1S/C17H15N3OS2/c1-3-9-20(16(21)15-10-18-12(2)23-15)17-19-14(11-22-17)13-7-5-4-6-8-13/h3-8,10-11H,1,9H2,2H3. The van der Waals surface area contributed by atoms with Crippen LogP contribution in [0.25, 0.3) is 11.3 Å². The molecule has 4 nitrogen and oxygen atoms in total. The highest BCUT2D eigenvalue weighted by Gasteiger charge is 2.21. The number of nitrogens with zero attached hydrogens (tertiary/aromatic N) is 3. The van der Waals surface area contributed by atoms with Crippen LogP contribution in [-0.4, -0.2) is 22.4 Å². The molecule has 3 aromatic rings. The van der Waals surface area contributed by atoms with Crippen molar-refractivity contribution < 1.29 is 4.79 Å². The fraction of sp³-hybridized carbons (Fsp3) is 0.118. The third kappa shape index (κ3) is 3.38. The maximum absolute atomic E-state index is 12.7. The van der Waals surface area contributed by atoms with Crippen LogP contribution in [0.3, 0.4) is 0 Å². The van der Waals surface area contributed by atoms with Crippen molar-refractivity contribution in [1.82, 2.24) is 9.97 Å². The van der Waals surface area contributed by atoms with E-state index in [0.717, 1.165) is 16.3 Å². The third-order valence-corrected chi connectivity index (χ3v) is 4.95. The lowest BCUT2D eigenvalue weighted by atomic mass is 10.2. The molecule has 2 aromatic heterocycles. The number of rotatable bonds is 5. The number of aryl methyl sites for hydroxylation is 1. The number of amides is 1. The van der Waals surface area contributed by atoms with E-state index in [1.165, 1.54) is 22.7 Å². The Labute approximate surface area is 142 Å². The van der Waals surface area contributed by atoms with Gasteiger partial charge >= 0.3 is 0 Å². The fourth-order valence-electron chi connectivity index (χ4n) is 2.10. The summed E-state index contributed by atoms with van der Waals surface area (Å²) in [4.78, 5) is 23.7. The van der Waals surface area contributed by atoms with Crippen LogP contribution in [0.5, 0.6) is 0 Å². The van der Waals surface area contributed by atoms with Crippen LogP contribution in [0.1, 0.15) is 14.7 Å². The van der Waals surface area contributed by atoms with E-state index in [2.05, 4.69) is 16.5 Å². The molecule has 0 aliphatic heterocycles. The highest BCUT2D eigenvalue weighted by Crippen LogP contribution is 2.29. The zero-order valence-corrected chi connectivity index (χ0v) is 14.2. The zero-order valence-electron chi connectivity index (χ0n) is 12.6. The van der Waals surface area contributed by atoms with E-state index in [9.17, 15) is 4.79 Å². The van der Waals surface area contributed by atoms with Gasteiger partial charge in [-0.1, -0.05) is 36.4 Å². The molecule has 0 aliphatic carbocycles. The van der Waals surface area contributed by atoms with Crippen LogP contribution in [-0.2, 0) is 0 Å². The molecule has 6 heteroatoms. The van der Waals surface area contributed by atoms with Gasteiger partial charge in [-0.15, -0.1) is 29.3 Å². The number of anilines is 1. The third-order valence-electron chi connectivity index (χ3n) is 3.18. The summed E-state index contributed by atoms with van der Waals surface area (Å²) in [5.74, 6) is -0.0931. The largest absolute Gasteiger partial charge is 0.279 e. The average Bonchev–Trinajstić information content (AvgIpc) is 3.22. The molecule has 0 saturated carbocycles. The van der Waals surface area contributed by atoms with E-state index >= 15 is 0 Å². The summed E-state index contributed by atoms with van der Waals surface area (Å²) in [7, 11) is 0. The summed E-state index contributed by atoms with van der Waals surface area (Å²) in [5, 5.41) is 3.50. The van der Waals surface area contributed by atoms with Crippen LogP contribution in [0, 0.1) is 6.92 Å². The summed E-state index contributed by atoms with van der Waals surface area (Å²) in [6.07, 6.45) is 3.32. The Kier molecular flexibility index (Phi) is 4.64. The first-order chi connectivity index (χ1) is 11.2. The smallest absolute Gasteiger partial charge is 0.272 e. The molecule has 0 aliphatic rings. The molecule has 0 atom stereocenters. The molecule has 0 N–H and O–H groups in total. The molecular formula is C17H15N3OS2. The van der Waals surface area contributed by atoms with Crippen LogP contribution in [0.2, 0.25) is 0 Å². The molecule has 1 amide bonds. The van der Waals surface area contributed by atoms with Gasteiger partial charge < -0.3 is 0 Å². The van der Waals surface area contributed by atoms with E-state index < -0.39 is 0 Å². The number of carbonyl (C=O) groups excluding carboxylic acids is 1. The lowest BCUT2D eigenvalue weighted by molar-refractivity contribution is 0.0993. The Morgan fingerprint density at radius 3 is 2.78 bits per heavy atom. The van der Waals surface area contributed by atoms with Gasteiger partial charge in [0.25, 0.3) is 5.91 Å². The van der Waals surface area contributed by atoms with Crippen molar-refractivity contribution in [2.45, 2.75) is 6.92 Å². The van der Waals surface area contributed by atoms with Crippen LogP contribution < -0.4 is 4.90 Å². The first kappa shape index (κ1) is 15.6. The second-order valence-corrected chi connectivity index (χ2v) is 6.90. The molecule has 1 aromatic carbocycles. The SMILES string of the molecule is C=CCN(C(=O)c1cnc(C)s1)c1nc(-c2ccccc2)cs1. The first-order valence-corrected chi connectivity index (χ1v) is 8.75. The number of benzene rings is 1. The summed E-state index contributed by atoms with van der Waals surface area (Å²) < 4.78 is 0. The lowest BCUT2D eigenvalue weighted by Crippen LogP contribution is -2.30. The summed E-state index contributed by atoms with van der Waals surface area (Å²) in [6, 6.07) is 9.93. The molecule has 3 rings (SSSR count). The highest BCUT2D eigenvalue weighted by molar-refractivity contribution is 7.15. The quantitative estimate of drug-likeness (QED) is 0.646. The number of aromatic nitrogens is 2. The molecule has 2 heterocycles.